The Bertz CT molecular complexity index is 354. The predicted octanol–water partition coefficient (Wildman–Crippen LogP) is 1.45. The van der Waals surface area contributed by atoms with E-state index < -0.39 is 0 Å². The van der Waals surface area contributed by atoms with Gasteiger partial charge in [0.15, 0.2) is 0 Å². The Balaban J connectivity index is 2.35. The third-order valence-electron chi connectivity index (χ3n) is 2.17. The Morgan fingerprint density at radius 2 is 2.12 bits per heavy atom. The van der Waals surface area contributed by atoms with Crippen LogP contribution < -0.4 is 16.0 Å². The second-order valence-corrected chi connectivity index (χ2v) is 3.59. The summed E-state index contributed by atoms with van der Waals surface area (Å²) in [5.41, 5.74) is 0.972. The number of aromatic nitrogens is 1. The van der Waals surface area contributed by atoms with Crippen LogP contribution in [0.4, 0.5) is 11.5 Å². The zero-order valence-corrected chi connectivity index (χ0v) is 10.4. The molecule has 1 aromatic heterocycles. The van der Waals surface area contributed by atoms with Crippen LogP contribution in [-0.2, 0) is 4.79 Å². The molecule has 5 heteroatoms. The van der Waals surface area contributed by atoms with Crippen molar-refractivity contribution in [2.45, 2.75) is 20.3 Å². The summed E-state index contributed by atoms with van der Waals surface area (Å²) in [7, 11) is 0. The van der Waals surface area contributed by atoms with Crippen molar-refractivity contribution in [3.05, 3.63) is 18.3 Å². The highest BCUT2D eigenvalue weighted by Gasteiger charge is 1.99. The van der Waals surface area contributed by atoms with Crippen LogP contribution in [0.15, 0.2) is 18.3 Å². The lowest BCUT2D eigenvalue weighted by Crippen LogP contribution is -2.24. The molecule has 0 fully saturated rings. The summed E-state index contributed by atoms with van der Waals surface area (Å²) in [6, 6.07) is 3.82. The molecule has 5 nitrogen and oxygen atoms in total. The molecule has 0 aromatic carbocycles. The van der Waals surface area contributed by atoms with Crippen molar-refractivity contribution in [3.63, 3.8) is 0 Å². The number of rotatable bonds is 7. The van der Waals surface area contributed by atoms with E-state index in [0.717, 1.165) is 18.1 Å². The molecule has 0 aliphatic heterocycles. The molecule has 1 rings (SSSR count). The highest BCUT2D eigenvalue weighted by Crippen LogP contribution is 2.11. The molecule has 1 aromatic rings. The summed E-state index contributed by atoms with van der Waals surface area (Å²) < 4.78 is 0. The summed E-state index contributed by atoms with van der Waals surface area (Å²) in [4.78, 5) is 15.4. The van der Waals surface area contributed by atoms with Crippen LogP contribution >= 0.6 is 0 Å². The van der Waals surface area contributed by atoms with Crippen LogP contribution in [0.25, 0.3) is 0 Å². The van der Waals surface area contributed by atoms with Gasteiger partial charge >= 0.3 is 0 Å². The highest BCUT2D eigenvalue weighted by atomic mass is 16.1. The first-order chi connectivity index (χ1) is 8.26. The second-order valence-electron chi connectivity index (χ2n) is 3.59. The quantitative estimate of drug-likeness (QED) is 0.670. The van der Waals surface area contributed by atoms with Crippen molar-refractivity contribution in [3.8, 4) is 0 Å². The highest BCUT2D eigenvalue weighted by molar-refractivity contribution is 5.76. The maximum atomic E-state index is 11.2. The van der Waals surface area contributed by atoms with E-state index in [2.05, 4.69) is 20.9 Å². The van der Waals surface area contributed by atoms with Crippen molar-refractivity contribution in [1.82, 2.24) is 10.3 Å². The molecule has 94 valence electrons. The Labute approximate surface area is 102 Å². The maximum absolute atomic E-state index is 11.2. The fraction of sp³-hybridized carbons (Fsp3) is 0.500. The molecular weight excluding hydrogens is 216 g/mol. The van der Waals surface area contributed by atoms with Gasteiger partial charge in [0.05, 0.1) is 0 Å². The average Bonchev–Trinajstić information content (AvgIpc) is 2.30. The van der Waals surface area contributed by atoms with E-state index in [-0.39, 0.29) is 5.91 Å². The monoisotopic (exact) mass is 236 g/mol. The molecule has 0 spiro atoms. The molecule has 0 saturated carbocycles. The van der Waals surface area contributed by atoms with Crippen molar-refractivity contribution >= 4 is 17.4 Å². The number of pyridine rings is 1. The first-order valence-electron chi connectivity index (χ1n) is 5.96. The molecule has 0 radical (unpaired) electrons. The van der Waals surface area contributed by atoms with Crippen molar-refractivity contribution in [1.29, 1.82) is 0 Å². The summed E-state index contributed by atoms with van der Waals surface area (Å²) in [6.07, 6.45) is 2.22. The van der Waals surface area contributed by atoms with Crippen molar-refractivity contribution in [2.24, 2.45) is 0 Å². The van der Waals surface area contributed by atoms with Crippen LogP contribution in [0, 0.1) is 0 Å². The molecular formula is C12H20N4O. The van der Waals surface area contributed by atoms with E-state index in [0.29, 0.717) is 19.5 Å². The van der Waals surface area contributed by atoms with Gasteiger partial charge in [-0.05, 0) is 19.9 Å². The maximum Gasteiger partial charge on any atom is 0.221 e. The number of carbonyl (C=O) groups excluding carboxylic acids is 1. The predicted molar refractivity (Wildman–Crippen MR) is 70.2 cm³/mol. The fourth-order valence-electron chi connectivity index (χ4n) is 1.42. The Hall–Kier alpha value is -1.78. The summed E-state index contributed by atoms with van der Waals surface area (Å²) in [5, 5.41) is 9.09. The van der Waals surface area contributed by atoms with Gasteiger partial charge in [-0.15, -0.1) is 0 Å². The molecule has 0 bridgehead atoms. The summed E-state index contributed by atoms with van der Waals surface area (Å²) >= 11 is 0. The van der Waals surface area contributed by atoms with Crippen LogP contribution in [-0.4, -0.2) is 30.5 Å². The van der Waals surface area contributed by atoms with Crippen LogP contribution in [0.1, 0.15) is 20.3 Å². The zero-order valence-electron chi connectivity index (χ0n) is 10.4. The minimum Gasteiger partial charge on any atom is -0.384 e. The van der Waals surface area contributed by atoms with Gasteiger partial charge in [0.25, 0.3) is 0 Å². The first-order valence-corrected chi connectivity index (χ1v) is 5.96. The van der Waals surface area contributed by atoms with E-state index in [9.17, 15) is 4.79 Å². The number of nitrogens with zero attached hydrogens (tertiary/aromatic N) is 1. The van der Waals surface area contributed by atoms with Gasteiger partial charge in [0, 0.05) is 44.0 Å². The Kier molecular flexibility index (Phi) is 5.85. The summed E-state index contributed by atoms with van der Waals surface area (Å²) in [5.74, 6) is 0.913. The normalized spacial score (nSPS) is 9.76. The lowest BCUT2D eigenvalue weighted by molar-refractivity contribution is -0.120. The number of anilines is 2. The van der Waals surface area contributed by atoms with E-state index >= 15 is 0 Å². The van der Waals surface area contributed by atoms with Gasteiger partial charge in [-0.3, -0.25) is 4.79 Å². The smallest absolute Gasteiger partial charge is 0.221 e. The van der Waals surface area contributed by atoms with Crippen LogP contribution in [0.2, 0.25) is 0 Å². The third-order valence-corrected chi connectivity index (χ3v) is 2.17. The lowest BCUT2D eigenvalue weighted by atomic mass is 10.3. The van der Waals surface area contributed by atoms with Crippen LogP contribution in [0.3, 0.4) is 0 Å². The molecule has 3 N–H and O–H groups in total. The van der Waals surface area contributed by atoms with Gasteiger partial charge in [0.2, 0.25) is 5.91 Å². The largest absolute Gasteiger partial charge is 0.384 e. The van der Waals surface area contributed by atoms with E-state index in [1.165, 1.54) is 0 Å². The SMILES string of the molecule is CCNC(=O)CCNc1ccnc(NCC)c1. The molecule has 1 amide bonds. The van der Waals surface area contributed by atoms with Gasteiger partial charge in [0.1, 0.15) is 5.82 Å². The standard InChI is InChI=1S/C12H20N4O/c1-3-13-11-9-10(5-7-16-11)15-8-6-12(17)14-4-2/h5,7,9H,3-4,6,8H2,1-2H3,(H,14,17)(H2,13,15,16). The molecule has 0 saturated heterocycles. The number of hydrogen-bond acceptors (Lipinski definition) is 4. The van der Waals surface area contributed by atoms with Gasteiger partial charge < -0.3 is 16.0 Å². The van der Waals surface area contributed by atoms with Crippen LogP contribution in [0.5, 0.6) is 0 Å². The summed E-state index contributed by atoms with van der Waals surface area (Å²) in [6.45, 7) is 6.09. The third kappa shape index (κ3) is 5.19. The van der Waals surface area contributed by atoms with Gasteiger partial charge in [-0.1, -0.05) is 0 Å². The topological polar surface area (TPSA) is 66.0 Å². The van der Waals surface area contributed by atoms with E-state index in [1.54, 1.807) is 6.20 Å². The minimum atomic E-state index is 0.0703. The van der Waals surface area contributed by atoms with Crippen molar-refractivity contribution < 1.29 is 4.79 Å². The number of amides is 1. The second kappa shape index (κ2) is 7.49. The molecule has 0 unspecified atom stereocenters. The zero-order chi connectivity index (χ0) is 12.5. The van der Waals surface area contributed by atoms with E-state index in [1.807, 2.05) is 26.0 Å². The Morgan fingerprint density at radius 3 is 2.82 bits per heavy atom. The molecule has 1 heterocycles. The number of hydrogen-bond donors (Lipinski definition) is 3. The average molecular weight is 236 g/mol. The minimum absolute atomic E-state index is 0.0703. The first kappa shape index (κ1) is 13.3. The Morgan fingerprint density at radius 1 is 1.29 bits per heavy atom. The van der Waals surface area contributed by atoms with Crippen molar-refractivity contribution in [2.75, 3.05) is 30.3 Å². The molecule has 0 aliphatic rings. The number of nitrogens with one attached hydrogen (secondary N) is 3. The molecule has 17 heavy (non-hydrogen) atoms. The van der Waals surface area contributed by atoms with Gasteiger partial charge in [-0.2, -0.15) is 0 Å². The number of carbonyl (C=O) groups is 1. The van der Waals surface area contributed by atoms with Gasteiger partial charge in [-0.25, -0.2) is 4.98 Å². The van der Waals surface area contributed by atoms with E-state index in [4.69, 9.17) is 0 Å². The lowest BCUT2D eigenvalue weighted by Gasteiger charge is -2.08. The fourth-order valence-corrected chi connectivity index (χ4v) is 1.42. The molecule has 0 aliphatic carbocycles. The molecule has 0 atom stereocenters.